The van der Waals surface area contributed by atoms with Gasteiger partial charge >= 0.3 is 0 Å². The molecule has 3 fully saturated rings. The minimum atomic E-state index is 0.261. The van der Waals surface area contributed by atoms with Gasteiger partial charge in [0.05, 0.1) is 48.0 Å². The zero-order valence-corrected chi connectivity index (χ0v) is 21.4. The Morgan fingerprint density at radius 2 is 1.89 bits per heavy atom. The highest BCUT2D eigenvalue weighted by atomic mass is 16.6. The van der Waals surface area contributed by atoms with Crippen LogP contribution in [0.3, 0.4) is 0 Å². The monoisotopic (exact) mass is 505 g/mol. The van der Waals surface area contributed by atoms with Crippen LogP contribution in [0, 0.1) is 0 Å². The number of carbonyl (C=O) groups is 1. The first-order chi connectivity index (χ1) is 18.2. The van der Waals surface area contributed by atoms with Crippen molar-refractivity contribution in [3.8, 4) is 17.2 Å². The first-order valence-electron chi connectivity index (χ1n) is 13.5. The van der Waals surface area contributed by atoms with Gasteiger partial charge in [-0.25, -0.2) is 4.98 Å². The van der Waals surface area contributed by atoms with Crippen LogP contribution in [0.2, 0.25) is 0 Å². The third-order valence-electron chi connectivity index (χ3n) is 7.93. The first kappa shape index (κ1) is 24.2. The van der Waals surface area contributed by atoms with E-state index in [1.807, 2.05) is 24.3 Å². The molecule has 4 heterocycles. The number of ether oxygens (including phenoxy) is 4. The normalized spacial score (nSPS) is 23.4. The van der Waals surface area contributed by atoms with Gasteiger partial charge in [-0.2, -0.15) is 0 Å². The summed E-state index contributed by atoms with van der Waals surface area (Å²) in [6.07, 6.45) is 8.21. The second-order valence-corrected chi connectivity index (χ2v) is 10.4. The van der Waals surface area contributed by atoms with Gasteiger partial charge in [-0.1, -0.05) is 18.2 Å². The molecule has 3 aliphatic rings. The minimum absolute atomic E-state index is 0.261. The zero-order valence-electron chi connectivity index (χ0n) is 21.4. The molecule has 2 unspecified atom stereocenters. The van der Waals surface area contributed by atoms with Gasteiger partial charge in [-0.05, 0) is 64.1 Å². The molecular weight excluding hydrogens is 470 g/mol. The number of nitrogens with one attached hydrogen (secondary N) is 1. The lowest BCUT2D eigenvalue weighted by Crippen LogP contribution is -2.34. The molecule has 2 atom stereocenters. The Balaban J connectivity index is 1.39. The molecule has 3 saturated heterocycles. The Morgan fingerprint density at radius 3 is 2.65 bits per heavy atom. The van der Waals surface area contributed by atoms with Crippen molar-refractivity contribution >= 4 is 34.0 Å². The Morgan fingerprint density at radius 1 is 1.11 bits per heavy atom. The molecule has 0 radical (unpaired) electrons. The third-order valence-corrected chi connectivity index (χ3v) is 7.93. The topological polar surface area (TPSA) is 82.2 Å². The van der Waals surface area contributed by atoms with E-state index in [9.17, 15) is 4.79 Å². The van der Waals surface area contributed by atoms with Gasteiger partial charge in [0.1, 0.15) is 0 Å². The molecule has 1 N–H and O–H groups in total. The van der Waals surface area contributed by atoms with Gasteiger partial charge in [-0.3, -0.25) is 4.79 Å². The number of rotatable bonds is 10. The second kappa shape index (κ2) is 10.7. The van der Waals surface area contributed by atoms with Crippen molar-refractivity contribution in [2.45, 2.75) is 63.2 Å². The number of para-hydroxylation sites is 1. The predicted molar refractivity (Wildman–Crippen MR) is 143 cm³/mol. The number of benzene rings is 2. The summed E-state index contributed by atoms with van der Waals surface area (Å²) in [5.74, 6) is 1.28. The Hall–Kier alpha value is -3.10. The maximum Gasteiger partial charge on any atom is 0.298 e. The smallest absolute Gasteiger partial charge is 0.298 e. The van der Waals surface area contributed by atoms with Crippen molar-refractivity contribution in [2.24, 2.45) is 0 Å². The van der Waals surface area contributed by atoms with Gasteiger partial charge in [0.25, 0.3) is 6.47 Å². The lowest BCUT2D eigenvalue weighted by Gasteiger charge is -2.30. The highest BCUT2D eigenvalue weighted by Crippen LogP contribution is 2.48. The fourth-order valence-electron chi connectivity index (χ4n) is 6.25. The number of likely N-dealkylation sites (tertiary alicyclic amines) is 1. The summed E-state index contributed by atoms with van der Waals surface area (Å²) in [5, 5.41) is 5.51. The first-order valence-corrected chi connectivity index (χ1v) is 13.5. The van der Waals surface area contributed by atoms with Crippen LogP contribution in [0.25, 0.3) is 21.8 Å². The van der Waals surface area contributed by atoms with Crippen LogP contribution in [-0.4, -0.2) is 68.0 Å². The van der Waals surface area contributed by atoms with Crippen molar-refractivity contribution in [1.29, 1.82) is 0 Å². The van der Waals surface area contributed by atoms with E-state index in [4.69, 9.17) is 23.9 Å². The largest absolute Gasteiger partial charge is 0.490 e. The molecule has 1 aromatic heterocycles. The molecule has 0 aliphatic carbocycles. The van der Waals surface area contributed by atoms with Crippen LogP contribution in [-0.2, 0) is 9.53 Å². The zero-order chi connectivity index (χ0) is 25.2. The van der Waals surface area contributed by atoms with E-state index in [-0.39, 0.29) is 6.04 Å². The summed E-state index contributed by atoms with van der Waals surface area (Å²) in [6, 6.07) is 10.2. The van der Waals surface area contributed by atoms with Crippen molar-refractivity contribution in [2.75, 3.05) is 38.7 Å². The quantitative estimate of drug-likeness (QED) is 0.236. The molecule has 196 valence electrons. The average molecular weight is 506 g/mol. The molecule has 0 spiro atoms. The average Bonchev–Trinajstić information content (AvgIpc) is 3.55. The number of carbonyl (C=O) groups excluding carboxylic acids is 1. The van der Waals surface area contributed by atoms with Gasteiger partial charge < -0.3 is 29.2 Å². The Kier molecular flexibility index (Phi) is 7.02. The standard InChI is InChI=1S/C29H35N3O5/c1-34-28-25(35-14-6-13-32-11-4-5-12-32)17-24-26(29(28)36-18-33)27(22-7-2-3-8-23(22)31-24)30-19-15-20-9-10-21(16-19)37-20/h2-3,7-8,17-21H,4-6,9-16H2,1H3,(H,30,31). The summed E-state index contributed by atoms with van der Waals surface area (Å²) >= 11 is 0. The fraction of sp³-hybridized carbons (Fsp3) is 0.517. The van der Waals surface area contributed by atoms with Crippen molar-refractivity contribution in [3.63, 3.8) is 0 Å². The molecule has 8 nitrogen and oxygen atoms in total. The third kappa shape index (κ3) is 4.92. The van der Waals surface area contributed by atoms with E-state index in [1.165, 1.54) is 12.8 Å². The van der Waals surface area contributed by atoms with Crippen molar-refractivity contribution < 1.29 is 23.7 Å². The van der Waals surface area contributed by atoms with Crippen LogP contribution >= 0.6 is 0 Å². The number of nitrogens with zero attached hydrogens (tertiary/aromatic N) is 2. The van der Waals surface area contributed by atoms with Crippen molar-refractivity contribution in [3.05, 3.63) is 30.3 Å². The SMILES string of the molecule is COc1c(OCCCN2CCCC2)cc2nc3ccccc3c(NC3CC4CCC(C3)O4)c2c1OC=O. The second-order valence-electron chi connectivity index (χ2n) is 10.4. The molecule has 37 heavy (non-hydrogen) atoms. The summed E-state index contributed by atoms with van der Waals surface area (Å²) in [4.78, 5) is 19.1. The summed E-state index contributed by atoms with van der Waals surface area (Å²) in [7, 11) is 1.58. The molecule has 2 bridgehead atoms. The van der Waals surface area contributed by atoms with E-state index in [1.54, 1.807) is 7.11 Å². The van der Waals surface area contributed by atoms with Crippen LogP contribution in [0.4, 0.5) is 5.69 Å². The molecule has 8 heteroatoms. The molecule has 0 saturated carbocycles. The lowest BCUT2D eigenvalue weighted by atomic mass is 10.0. The number of fused-ring (bicyclic) bond motifs is 4. The van der Waals surface area contributed by atoms with Crippen LogP contribution in [0.1, 0.15) is 44.9 Å². The molecule has 2 aromatic carbocycles. The molecule has 6 rings (SSSR count). The summed E-state index contributed by atoms with van der Waals surface area (Å²) in [6.45, 7) is 4.33. The minimum Gasteiger partial charge on any atom is -0.490 e. The van der Waals surface area contributed by atoms with Gasteiger partial charge in [0.2, 0.25) is 5.75 Å². The number of aromatic nitrogens is 1. The number of methoxy groups -OCH3 is 1. The number of hydrogen-bond acceptors (Lipinski definition) is 8. The summed E-state index contributed by atoms with van der Waals surface area (Å²) in [5.41, 5.74) is 2.47. The molecule has 0 amide bonds. The molecule has 3 aromatic rings. The Bertz CT molecular complexity index is 1260. The molecule has 3 aliphatic heterocycles. The van der Waals surface area contributed by atoms with E-state index in [2.05, 4.69) is 16.3 Å². The van der Waals surface area contributed by atoms with Gasteiger partial charge in [0.15, 0.2) is 11.5 Å². The highest BCUT2D eigenvalue weighted by molar-refractivity contribution is 6.11. The van der Waals surface area contributed by atoms with E-state index < -0.39 is 0 Å². The molecular formula is C29H35N3O5. The maximum absolute atomic E-state index is 11.7. The van der Waals surface area contributed by atoms with E-state index in [0.717, 1.165) is 73.7 Å². The van der Waals surface area contributed by atoms with Crippen molar-refractivity contribution in [1.82, 2.24) is 9.88 Å². The number of anilines is 1. The van der Waals surface area contributed by atoms with E-state index in [0.29, 0.717) is 48.1 Å². The van der Waals surface area contributed by atoms with Gasteiger partial charge in [-0.15, -0.1) is 0 Å². The van der Waals surface area contributed by atoms with Crippen LogP contribution < -0.4 is 19.5 Å². The lowest BCUT2D eigenvalue weighted by molar-refractivity contribution is -0.120. The van der Waals surface area contributed by atoms with Crippen LogP contribution in [0.5, 0.6) is 17.2 Å². The number of pyridine rings is 1. The van der Waals surface area contributed by atoms with Gasteiger partial charge in [0, 0.05) is 24.0 Å². The Labute approximate surface area is 217 Å². The fourth-order valence-corrected chi connectivity index (χ4v) is 6.25. The maximum atomic E-state index is 11.7. The predicted octanol–water partition coefficient (Wildman–Crippen LogP) is 4.92. The summed E-state index contributed by atoms with van der Waals surface area (Å²) < 4.78 is 23.6. The van der Waals surface area contributed by atoms with E-state index >= 15 is 0 Å². The highest BCUT2D eigenvalue weighted by Gasteiger charge is 2.35. The number of hydrogen-bond donors (Lipinski definition) is 1. The van der Waals surface area contributed by atoms with Crippen LogP contribution in [0.15, 0.2) is 30.3 Å².